The van der Waals surface area contributed by atoms with Crippen LogP contribution in [0.5, 0.6) is 0 Å². The van der Waals surface area contributed by atoms with Crippen LogP contribution in [0, 0.1) is 13.8 Å². The van der Waals surface area contributed by atoms with E-state index in [0.717, 1.165) is 54.5 Å². The highest BCUT2D eigenvalue weighted by Crippen LogP contribution is 2.31. The summed E-state index contributed by atoms with van der Waals surface area (Å²) in [6, 6.07) is 1.03. The van der Waals surface area contributed by atoms with Crippen LogP contribution in [-0.2, 0) is 12.7 Å². The van der Waals surface area contributed by atoms with Gasteiger partial charge in [0, 0.05) is 44.4 Å². The van der Waals surface area contributed by atoms with Gasteiger partial charge in [-0.2, -0.15) is 13.2 Å². The van der Waals surface area contributed by atoms with Gasteiger partial charge in [-0.15, -0.1) is 0 Å². The first kappa shape index (κ1) is 19.0. The number of aromatic nitrogens is 3. The van der Waals surface area contributed by atoms with Crippen molar-refractivity contribution in [3.8, 4) is 0 Å². The lowest BCUT2D eigenvalue weighted by Crippen LogP contribution is -2.46. The monoisotopic (exact) mass is 387 g/mol. The zero-order valence-corrected chi connectivity index (χ0v) is 15.6. The summed E-state index contributed by atoms with van der Waals surface area (Å²) in [5.41, 5.74) is 1.05. The molecule has 6 nitrogen and oxygen atoms in total. The van der Waals surface area contributed by atoms with Crippen molar-refractivity contribution in [2.75, 3.05) is 37.3 Å². The smallest absolute Gasteiger partial charge is 0.361 e. The highest BCUT2D eigenvalue weighted by Gasteiger charge is 2.34. The second kappa shape index (κ2) is 7.43. The van der Waals surface area contributed by atoms with E-state index in [-0.39, 0.29) is 5.16 Å². The van der Waals surface area contributed by atoms with Gasteiger partial charge in [-0.25, -0.2) is 9.97 Å². The van der Waals surface area contributed by atoms with Crippen LogP contribution in [0.1, 0.15) is 22.7 Å². The minimum atomic E-state index is -4.48. The summed E-state index contributed by atoms with van der Waals surface area (Å²) < 4.78 is 44.4. The summed E-state index contributed by atoms with van der Waals surface area (Å²) in [5.74, 6) is 1.13. The zero-order valence-electron chi connectivity index (χ0n) is 14.8. The van der Waals surface area contributed by atoms with Crippen LogP contribution >= 0.6 is 11.8 Å². The molecule has 2 aromatic rings. The second-order valence-electron chi connectivity index (χ2n) is 6.16. The maximum Gasteiger partial charge on any atom is 0.433 e. The molecule has 2 aromatic heterocycles. The van der Waals surface area contributed by atoms with Crippen molar-refractivity contribution in [2.45, 2.75) is 31.7 Å². The second-order valence-corrected chi connectivity index (χ2v) is 6.94. The molecule has 0 atom stereocenters. The van der Waals surface area contributed by atoms with Gasteiger partial charge in [-0.3, -0.25) is 4.90 Å². The highest BCUT2D eigenvalue weighted by atomic mass is 32.2. The molecule has 0 aromatic carbocycles. The van der Waals surface area contributed by atoms with Crippen LogP contribution < -0.4 is 4.90 Å². The average molecular weight is 387 g/mol. The van der Waals surface area contributed by atoms with Gasteiger partial charge in [0.05, 0.1) is 5.69 Å². The normalized spacial score (nSPS) is 16.3. The number of hydrogen-bond acceptors (Lipinski definition) is 7. The first-order valence-corrected chi connectivity index (χ1v) is 9.39. The molecule has 1 aliphatic heterocycles. The first-order chi connectivity index (χ1) is 12.3. The quantitative estimate of drug-likeness (QED) is 0.590. The van der Waals surface area contributed by atoms with Crippen LogP contribution in [0.4, 0.5) is 19.0 Å². The number of nitrogens with zero attached hydrogens (tertiary/aromatic N) is 5. The molecule has 0 spiro atoms. The van der Waals surface area contributed by atoms with Gasteiger partial charge in [-0.1, -0.05) is 16.9 Å². The molecule has 0 unspecified atom stereocenters. The molecule has 3 heterocycles. The fourth-order valence-electron chi connectivity index (χ4n) is 2.90. The number of hydrogen-bond donors (Lipinski definition) is 0. The standard InChI is InChI=1S/C16H20F3N5OS/c1-10-12(11(2)25-22-10)9-23-4-6-24(7-5-23)14-8-13(16(17,18)19)20-15(21-14)26-3/h8H,4-7,9H2,1-3H3. The number of halogens is 3. The van der Waals surface area contributed by atoms with Crippen LogP contribution in [0.15, 0.2) is 15.7 Å². The van der Waals surface area contributed by atoms with E-state index in [9.17, 15) is 13.2 Å². The van der Waals surface area contributed by atoms with E-state index >= 15 is 0 Å². The van der Waals surface area contributed by atoms with Gasteiger partial charge in [0.1, 0.15) is 11.6 Å². The van der Waals surface area contributed by atoms with Crippen molar-refractivity contribution in [3.63, 3.8) is 0 Å². The predicted octanol–water partition coefficient (Wildman–Crippen LogP) is 3.14. The number of rotatable bonds is 4. The van der Waals surface area contributed by atoms with Crippen LogP contribution in [-0.4, -0.2) is 52.5 Å². The van der Waals surface area contributed by atoms with Crippen LogP contribution in [0.3, 0.4) is 0 Å². The number of anilines is 1. The van der Waals surface area contributed by atoms with Crippen molar-refractivity contribution in [2.24, 2.45) is 0 Å². The Morgan fingerprint density at radius 3 is 2.38 bits per heavy atom. The molecule has 0 saturated carbocycles. The van der Waals surface area contributed by atoms with E-state index in [1.807, 2.05) is 18.7 Å². The maximum atomic E-state index is 13.1. The Labute approximate surface area is 153 Å². The lowest BCUT2D eigenvalue weighted by atomic mass is 10.2. The molecule has 1 aliphatic rings. The van der Waals surface area contributed by atoms with Crippen LogP contribution in [0.25, 0.3) is 0 Å². The van der Waals surface area contributed by atoms with Crippen molar-refractivity contribution in [3.05, 3.63) is 28.8 Å². The minimum absolute atomic E-state index is 0.132. The third-order valence-electron chi connectivity index (χ3n) is 4.42. The molecular formula is C16H20F3N5OS. The SMILES string of the molecule is CSc1nc(N2CCN(Cc3c(C)noc3C)CC2)cc(C(F)(F)F)n1. The largest absolute Gasteiger partial charge is 0.433 e. The third-order valence-corrected chi connectivity index (χ3v) is 4.97. The van der Waals surface area contributed by atoms with Crippen molar-refractivity contribution in [1.82, 2.24) is 20.0 Å². The first-order valence-electron chi connectivity index (χ1n) is 8.17. The Morgan fingerprint density at radius 2 is 1.85 bits per heavy atom. The summed E-state index contributed by atoms with van der Waals surface area (Å²) in [4.78, 5) is 11.9. The Kier molecular flexibility index (Phi) is 5.42. The van der Waals surface area contributed by atoms with E-state index in [4.69, 9.17) is 4.52 Å². The van der Waals surface area contributed by atoms with Gasteiger partial charge in [0.25, 0.3) is 0 Å². The fraction of sp³-hybridized carbons (Fsp3) is 0.562. The summed E-state index contributed by atoms with van der Waals surface area (Å²) in [6.45, 7) is 7.17. The molecule has 1 fully saturated rings. The van der Waals surface area contributed by atoms with Gasteiger partial charge in [0.15, 0.2) is 10.9 Å². The van der Waals surface area contributed by atoms with E-state index < -0.39 is 11.9 Å². The molecule has 0 amide bonds. The van der Waals surface area contributed by atoms with Crippen molar-refractivity contribution in [1.29, 1.82) is 0 Å². The lowest BCUT2D eigenvalue weighted by Gasteiger charge is -2.35. The summed E-state index contributed by atoms with van der Waals surface area (Å²) in [6.07, 6.45) is -2.81. The molecule has 0 bridgehead atoms. The maximum absolute atomic E-state index is 13.1. The summed E-state index contributed by atoms with van der Waals surface area (Å²) >= 11 is 1.11. The predicted molar refractivity (Wildman–Crippen MR) is 92.3 cm³/mol. The number of piperazine rings is 1. The van der Waals surface area contributed by atoms with Crippen LogP contribution in [0.2, 0.25) is 0 Å². The highest BCUT2D eigenvalue weighted by molar-refractivity contribution is 7.98. The topological polar surface area (TPSA) is 58.3 Å². The van der Waals surface area contributed by atoms with Gasteiger partial charge in [0.2, 0.25) is 0 Å². The van der Waals surface area contributed by atoms with E-state index in [2.05, 4.69) is 20.0 Å². The van der Waals surface area contributed by atoms with E-state index in [1.165, 1.54) is 0 Å². The van der Waals surface area contributed by atoms with Crippen molar-refractivity contribution >= 4 is 17.6 Å². The van der Waals surface area contributed by atoms with Gasteiger partial charge in [-0.05, 0) is 20.1 Å². The Hall–Kier alpha value is -1.81. The fourth-order valence-corrected chi connectivity index (χ4v) is 3.27. The number of thioether (sulfide) groups is 1. The van der Waals surface area contributed by atoms with Crippen molar-refractivity contribution < 1.29 is 17.7 Å². The number of alkyl halides is 3. The Balaban J connectivity index is 1.70. The van der Waals surface area contributed by atoms with E-state index in [0.29, 0.717) is 18.9 Å². The average Bonchev–Trinajstić information content (AvgIpc) is 2.93. The van der Waals surface area contributed by atoms with E-state index in [1.54, 1.807) is 6.26 Å². The molecular weight excluding hydrogens is 367 g/mol. The zero-order chi connectivity index (χ0) is 18.9. The molecule has 3 rings (SSSR count). The summed E-state index contributed by atoms with van der Waals surface area (Å²) in [5, 5.41) is 4.09. The Bertz CT molecular complexity index is 752. The Morgan fingerprint density at radius 1 is 1.15 bits per heavy atom. The van der Waals surface area contributed by atoms with Gasteiger partial charge >= 0.3 is 6.18 Å². The lowest BCUT2D eigenvalue weighted by molar-refractivity contribution is -0.141. The number of aryl methyl sites for hydroxylation is 2. The minimum Gasteiger partial charge on any atom is -0.361 e. The molecule has 26 heavy (non-hydrogen) atoms. The molecule has 142 valence electrons. The molecule has 0 aliphatic carbocycles. The molecule has 1 saturated heterocycles. The summed E-state index contributed by atoms with van der Waals surface area (Å²) in [7, 11) is 0. The molecule has 10 heteroatoms. The molecule has 0 radical (unpaired) electrons. The molecule has 0 N–H and O–H groups in total. The third kappa shape index (κ3) is 4.12. The van der Waals surface area contributed by atoms with Gasteiger partial charge < -0.3 is 9.42 Å².